The summed E-state index contributed by atoms with van der Waals surface area (Å²) in [4.78, 5) is 22.4. The largest absolute Gasteiger partial charge is 0.359 e. The lowest BCUT2D eigenvalue weighted by Gasteiger charge is -2.33. The Hall–Kier alpha value is -1.36. The molecule has 2 rings (SSSR count). The van der Waals surface area contributed by atoms with Gasteiger partial charge in [0.15, 0.2) is 0 Å². The molecular formula is C14H21ClN4O. The maximum Gasteiger partial charge on any atom is 0.222 e. The van der Waals surface area contributed by atoms with Gasteiger partial charge >= 0.3 is 0 Å². The van der Waals surface area contributed by atoms with E-state index in [-0.39, 0.29) is 17.7 Å². The topological polar surface area (TPSA) is 58.1 Å². The van der Waals surface area contributed by atoms with Gasteiger partial charge in [0.2, 0.25) is 5.91 Å². The fourth-order valence-electron chi connectivity index (χ4n) is 2.67. The third-order valence-corrected chi connectivity index (χ3v) is 4.10. The van der Waals surface area contributed by atoms with Crippen molar-refractivity contribution in [3.05, 3.63) is 17.0 Å². The van der Waals surface area contributed by atoms with Crippen molar-refractivity contribution >= 4 is 23.3 Å². The average molecular weight is 297 g/mol. The van der Waals surface area contributed by atoms with E-state index in [0.29, 0.717) is 5.15 Å². The molecule has 1 N–H and O–H groups in total. The summed E-state index contributed by atoms with van der Waals surface area (Å²) in [6.45, 7) is 5.83. The first-order valence-electron chi connectivity index (χ1n) is 7.01. The molecule has 1 aromatic rings. The highest BCUT2D eigenvalue weighted by Gasteiger charge is 2.27. The number of nitrogens with zero attached hydrogens (tertiary/aromatic N) is 3. The zero-order valence-corrected chi connectivity index (χ0v) is 12.9. The number of nitrogens with one attached hydrogen (secondary N) is 1. The second-order valence-electron chi connectivity index (χ2n) is 5.43. The molecule has 0 bridgehead atoms. The molecule has 1 amide bonds. The molecule has 110 valence electrons. The lowest BCUT2D eigenvalue weighted by atomic mass is 9.95. The Kier molecular flexibility index (Phi) is 4.81. The van der Waals surface area contributed by atoms with Crippen LogP contribution in [-0.4, -0.2) is 36.0 Å². The van der Waals surface area contributed by atoms with Crippen LogP contribution in [0.3, 0.4) is 0 Å². The third-order valence-electron chi connectivity index (χ3n) is 3.80. The smallest absolute Gasteiger partial charge is 0.222 e. The van der Waals surface area contributed by atoms with Crippen LogP contribution >= 0.6 is 11.6 Å². The molecule has 1 fully saturated rings. The molecule has 5 nitrogen and oxygen atoms in total. The minimum atomic E-state index is 0.107. The van der Waals surface area contributed by atoms with E-state index in [4.69, 9.17) is 11.6 Å². The van der Waals surface area contributed by atoms with E-state index in [9.17, 15) is 4.79 Å². The maximum atomic E-state index is 11.7. The quantitative estimate of drug-likeness (QED) is 0.869. The van der Waals surface area contributed by atoms with Gasteiger partial charge in [-0.15, -0.1) is 0 Å². The van der Waals surface area contributed by atoms with Crippen LogP contribution in [0.25, 0.3) is 0 Å². The Labute approximate surface area is 124 Å². The van der Waals surface area contributed by atoms with Crippen LogP contribution in [0.5, 0.6) is 0 Å². The van der Waals surface area contributed by atoms with Crippen molar-refractivity contribution in [1.29, 1.82) is 0 Å². The van der Waals surface area contributed by atoms with E-state index in [1.165, 1.54) is 6.33 Å². The van der Waals surface area contributed by atoms with Gasteiger partial charge in [-0.05, 0) is 18.8 Å². The van der Waals surface area contributed by atoms with Gasteiger partial charge < -0.3 is 10.2 Å². The van der Waals surface area contributed by atoms with Crippen LogP contribution in [0, 0.1) is 5.92 Å². The first-order chi connectivity index (χ1) is 9.54. The molecule has 20 heavy (non-hydrogen) atoms. The van der Waals surface area contributed by atoms with Gasteiger partial charge in [-0.1, -0.05) is 25.4 Å². The van der Waals surface area contributed by atoms with Gasteiger partial charge in [-0.25, -0.2) is 9.97 Å². The number of anilines is 1. The molecular weight excluding hydrogens is 276 g/mol. The van der Waals surface area contributed by atoms with E-state index in [1.807, 2.05) is 0 Å². The molecule has 6 heteroatoms. The molecule has 0 aliphatic carbocycles. The van der Waals surface area contributed by atoms with Crippen molar-refractivity contribution in [2.75, 3.05) is 25.0 Å². The van der Waals surface area contributed by atoms with Gasteiger partial charge in [0.05, 0.1) is 0 Å². The Morgan fingerprint density at radius 2 is 2.05 bits per heavy atom. The zero-order chi connectivity index (χ0) is 14.7. The summed E-state index contributed by atoms with van der Waals surface area (Å²) in [6.07, 6.45) is 3.20. The van der Waals surface area contributed by atoms with Crippen molar-refractivity contribution in [1.82, 2.24) is 15.3 Å². The van der Waals surface area contributed by atoms with Gasteiger partial charge in [-0.2, -0.15) is 0 Å². The third kappa shape index (κ3) is 3.03. The molecule has 0 aromatic carbocycles. The normalized spacial score (nSPS) is 16.6. The summed E-state index contributed by atoms with van der Waals surface area (Å²) in [7, 11) is 1.69. The fraction of sp³-hybridized carbons (Fsp3) is 0.643. The lowest BCUT2D eigenvalue weighted by molar-refractivity contribution is -0.125. The Morgan fingerprint density at radius 1 is 1.40 bits per heavy atom. The van der Waals surface area contributed by atoms with E-state index >= 15 is 0 Å². The molecule has 1 aromatic heterocycles. The van der Waals surface area contributed by atoms with Crippen molar-refractivity contribution in [2.45, 2.75) is 32.6 Å². The fourth-order valence-corrected chi connectivity index (χ4v) is 3.02. The average Bonchev–Trinajstić information content (AvgIpc) is 2.46. The SMILES string of the molecule is CNC(=O)C1CCN(c2ncnc(Cl)c2C(C)C)CC1. The van der Waals surface area contributed by atoms with Crippen molar-refractivity contribution < 1.29 is 4.79 Å². The van der Waals surface area contributed by atoms with E-state index in [2.05, 4.69) is 34.0 Å². The van der Waals surface area contributed by atoms with E-state index < -0.39 is 0 Å². The highest BCUT2D eigenvalue weighted by Crippen LogP contribution is 2.32. The molecule has 1 aliphatic rings. The number of halogens is 1. The highest BCUT2D eigenvalue weighted by atomic mass is 35.5. The summed E-state index contributed by atoms with van der Waals surface area (Å²) < 4.78 is 0. The Bertz CT molecular complexity index is 484. The molecule has 0 radical (unpaired) electrons. The number of amides is 1. The van der Waals surface area contributed by atoms with Crippen LogP contribution in [0.1, 0.15) is 38.2 Å². The Balaban J connectivity index is 2.15. The van der Waals surface area contributed by atoms with Crippen molar-refractivity contribution in [3.8, 4) is 0 Å². The number of rotatable bonds is 3. The Morgan fingerprint density at radius 3 is 2.60 bits per heavy atom. The number of piperidine rings is 1. The van der Waals surface area contributed by atoms with Crippen molar-refractivity contribution in [2.24, 2.45) is 5.92 Å². The van der Waals surface area contributed by atoms with E-state index in [0.717, 1.165) is 37.3 Å². The first-order valence-corrected chi connectivity index (χ1v) is 7.39. The minimum Gasteiger partial charge on any atom is -0.359 e. The lowest BCUT2D eigenvalue weighted by Crippen LogP contribution is -2.40. The summed E-state index contributed by atoms with van der Waals surface area (Å²) in [5.41, 5.74) is 0.993. The molecule has 0 saturated carbocycles. The van der Waals surface area contributed by atoms with Gasteiger partial charge in [0.25, 0.3) is 0 Å². The van der Waals surface area contributed by atoms with Crippen LogP contribution in [0.15, 0.2) is 6.33 Å². The van der Waals surface area contributed by atoms with E-state index in [1.54, 1.807) is 7.05 Å². The minimum absolute atomic E-state index is 0.107. The van der Waals surface area contributed by atoms with Gasteiger partial charge in [0, 0.05) is 31.6 Å². The summed E-state index contributed by atoms with van der Waals surface area (Å²) in [5.74, 6) is 1.43. The molecule has 0 unspecified atom stereocenters. The van der Waals surface area contributed by atoms with Gasteiger partial charge in [0.1, 0.15) is 17.3 Å². The number of carbonyl (C=O) groups is 1. The van der Waals surface area contributed by atoms with Crippen LogP contribution < -0.4 is 10.2 Å². The summed E-state index contributed by atoms with van der Waals surface area (Å²) >= 11 is 6.20. The van der Waals surface area contributed by atoms with Crippen LogP contribution in [0.4, 0.5) is 5.82 Å². The summed E-state index contributed by atoms with van der Waals surface area (Å²) in [5, 5.41) is 3.25. The number of aromatic nitrogens is 2. The second kappa shape index (κ2) is 6.39. The number of carbonyl (C=O) groups excluding carboxylic acids is 1. The summed E-state index contributed by atoms with van der Waals surface area (Å²) in [6, 6.07) is 0. The maximum absolute atomic E-state index is 11.7. The predicted molar refractivity (Wildman–Crippen MR) is 80.1 cm³/mol. The number of hydrogen-bond donors (Lipinski definition) is 1. The molecule has 0 spiro atoms. The van der Waals surface area contributed by atoms with Crippen LogP contribution in [0.2, 0.25) is 5.15 Å². The van der Waals surface area contributed by atoms with Gasteiger partial charge in [-0.3, -0.25) is 4.79 Å². The van der Waals surface area contributed by atoms with Crippen LogP contribution in [-0.2, 0) is 4.79 Å². The predicted octanol–water partition coefficient (Wildman–Crippen LogP) is 2.22. The monoisotopic (exact) mass is 296 g/mol. The van der Waals surface area contributed by atoms with Crippen molar-refractivity contribution in [3.63, 3.8) is 0 Å². The second-order valence-corrected chi connectivity index (χ2v) is 5.79. The molecule has 1 saturated heterocycles. The first kappa shape index (κ1) is 15.0. The number of hydrogen-bond acceptors (Lipinski definition) is 4. The molecule has 1 aliphatic heterocycles. The zero-order valence-electron chi connectivity index (χ0n) is 12.2. The highest BCUT2D eigenvalue weighted by molar-refractivity contribution is 6.30. The molecule has 2 heterocycles. The molecule has 0 atom stereocenters. The standard InChI is InChI=1S/C14H21ClN4O/c1-9(2)11-12(15)17-8-18-13(11)19-6-4-10(5-7-19)14(20)16-3/h8-10H,4-7H2,1-3H3,(H,16,20).